The van der Waals surface area contributed by atoms with Crippen molar-refractivity contribution in [1.82, 2.24) is 19.4 Å². The third-order valence-electron chi connectivity index (χ3n) is 3.94. The summed E-state index contributed by atoms with van der Waals surface area (Å²) in [6.45, 7) is 9.90. The fourth-order valence-electron chi connectivity index (χ4n) is 2.77. The molecule has 1 aliphatic heterocycles. The minimum Gasteiger partial charge on any atom is -0.374 e. The molecule has 0 bridgehead atoms. The highest BCUT2D eigenvalue weighted by Gasteiger charge is 2.23. The second kappa shape index (κ2) is 7.90. The van der Waals surface area contributed by atoms with Crippen LogP contribution in [0, 0.1) is 0 Å². The summed E-state index contributed by atoms with van der Waals surface area (Å²) in [6.07, 6.45) is 3.56. The summed E-state index contributed by atoms with van der Waals surface area (Å²) in [5, 5.41) is 8.93. The average molecular weight is 297 g/mol. The molecule has 1 saturated heterocycles. The Hall–Kier alpha value is -0.720. The van der Waals surface area contributed by atoms with Crippen molar-refractivity contribution in [3.63, 3.8) is 0 Å². The molecule has 114 valence electrons. The largest absolute Gasteiger partial charge is 0.374 e. The van der Waals surface area contributed by atoms with Gasteiger partial charge in [0.1, 0.15) is 10.7 Å². The van der Waals surface area contributed by atoms with Crippen LogP contribution in [0.2, 0.25) is 0 Å². The second-order valence-corrected chi connectivity index (χ2v) is 6.38. The molecule has 1 N–H and O–H groups in total. The zero-order chi connectivity index (χ0) is 14.4. The van der Waals surface area contributed by atoms with Gasteiger partial charge in [-0.1, -0.05) is 18.3 Å². The molecule has 0 saturated carbocycles. The van der Waals surface area contributed by atoms with Crippen LogP contribution in [0.4, 0.5) is 5.00 Å². The van der Waals surface area contributed by atoms with Gasteiger partial charge >= 0.3 is 0 Å². The van der Waals surface area contributed by atoms with E-state index in [1.54, 1.807) is 0 Å². The Bertz CT molecular complexity index is 395. The van der Waals surface area contributed by atoms with E-state index in [0.717, 1.165) is 43.3 Å². The van der Waals surface area contributed by atoms with Crippen LogP contribution < -0.4 is 5.32 Å². The summed E-state index contributed by atoms with van der Waals surface area (Å²) in [7, 11) is 2.23. The average Bonchev–Trinajstić information content (AvgIpc) is 2.80. The van der Waals surface area contributed by atoms with Crippen molar-refractivity contribution in [2.75, 3.05) is 38.5 Å². The van der Waals surface area contributed by atoms with Crippen molar-refractivity contribution in [3.8, 4) is 0 Å². The Morgan fingerprint density at radius 2 is 2.20 bits per heavy atom. The van der Waals surface area contributed by atoms with Gasteiger partial charge in [0.2, 0.25) is 0 Å². The molecule has 6 heteroatoms. The van der Waals surface area contributed by atoms with Gasteiger partial charge in [-0.2, -0.15) is 0 Å². The molecular weight excluding hydrogens is 270 g/mol. The lowest BCUT2D eigenvalue weighted by Crippen LogP contribution is -2.39. The van der Waals surface area contributed by atoms with E-state index in [1.165, 1.54) is 30.9 Å². The number of anilines is 1. The van der Waals surface area contributed by atoms with Crippen LogP contribution in [0.15, 0.2) is 0 Å². The minimum atomic E-state index is 0.628. The lowest BCUT2D eigenvalue weighted by atomic mass is 10.2. The molecule has 1 aromatic rings. The van der Waals surface area contributed by atoms with E-state index in [-0.39, 0.29) is 0 Å². The predicted molar refractivity (Wildman–Crippen MR) is 85.3 cm³/mol. The summed E-state index contributed by atoms with van der Waals surface area (Å²) in [5.74, 6) is 0. The number of aromatic nitrogens is 2. The van der Waals surface area contributed by atoms with Crippen molar-refractivity contribution in [1.29, 1.82) is 0 Å². The van der Waals surface area contributed by atoms with Gasteiger partial charge in [-0.25, -0.2) is 0 Å². The molecule has 20 heavy (non-hydrogen) atoms. The van der Waals surface area contributed by atoms with Gasteiger partial charge in [-0.15, -0.1) is 5.10 Å². The molecule has 2 rings (SSSR count). The molecule has 1 aromatic heterocycles. The van der Waals surface area contributed by atoms with E-state index in [0.29, 0.717) is 6.04 Å². The van der Waals surface area contributed by atoms with E-state index >= 15 is 0 Å². The number of hydrogen-bond donors (Lipinski definition) is 1. The summed E-state index contributed by atoms with van der Waals surface area (Å²) in [5.41, 5.74) is 1.12. The fraction of sp³-hybridized carbons (Fsp3) is 0.857. The van der Waals surface area contributed by atoms with Gasteiger partial charge in [0.25, 0.3) is 0 Å². The zero-order valence-electron chi connectivity index (χ0n) is 12.9. The van der Waals surface area contributed by atoms with Crippen LogP contribution >= 0.6 is 11.5 Å². The van der Waals surface area contributed by atoms with E-state index < -0.39 is 0 Å². The van der Waals surface area contributed by atoms with Crippen LogP contribution in [0.5, 0.6) is 0 Å². The Morgan fingerprint density at radius 3 is 2.95 bits per heavy atom. The topological polar surface area (TPSA) is 44.3 Å². The normalized spacial score (nSPS) is 21.9. The number of nitrogens with one attached hydrogen (secondary N) is 1. The van der Waals surface area contributed by atoms with Crippen LogP contribution in [0.1, 0.15) is 38.8 Å². The van der Waals surface area contributed by atoms with Gasteiger partial charge in [-0.3, -0.25) is 4.90 Å². The molecule has 0 spiro atoms. The van der Waals surface area contributed by atoms with Gasteiger partial charge in [0.15, 0.2) is 0 Å². The first-order chi connectivity index (χ1) is 9.74. The summed E-state index contributed by atoms with van der Waals surface area (Å²) in [6, 6.07) is 0.628. The maximum atomic E-state index is 4.33. The second-order valence-electron chi connectivity index (χ2n) is 5.62. The third-order valence-corrected chi connectivity index (χ3v) is 4.67. The quantitative estimate of drug-likeness (QED) is 0.872. The fourth-order valence-corrected chi connectivity index (χ4v) is 3.36. The Kier molecular flexibility index (Phi) is 6.19. The highest BCUT2D eigenvalue weighted by atomic mass is 32.1. The maximum Gasteiger partial charge on any atom is 0.134 e. The monoisotopic (exact) mass is 297 g/mol. The smallest absolute Gasteiger partial charge is 0.134 e. The molecule has 0 aromatic carbocycles. The molecule has 1 fully saturated rings. The summed E-state index contributed by atoms with van der Waals surface area (Å²) < 4.78 is 4.12. The highest BCUT2D eigenvalue weighted by molar-refractivity contribution is 7.10. The Balaban J connectivity index is 2.01. The maximum absolute atomic E-state index is 4.33. The van der Waals surface area contributed by atoms with Crippen LogP contribution in [0.25, 0.3) is 0 Å². The van der Waals surface area contributed by atoms with Crippen molar-refractivity contribution >= 4 is 16.5 Å². The lowest BCUT2D eigenvalue weighted by Gasteiger charge is -2.29. The first-order valence-electron chi connectivity index (χ1n) is 7.72. The Labute approximate surface area is 126 Å². The van der Waals surface area contributed by atoms with Crippen molar-refractivity contribution in [2.24, 2.45) is 0 Å². The van der Waals surface area contributed by atoms with E-state index in [1.807, 2.05) is 0 Å². The van der Waals surface area contributed by atoms with Crippen LogP contribution in [-0.2, 0) is 6.54 Å². The SMILES string of the molecule is CCCNc1snnc1CN1CCCN(C)CC1CC. The number of rotatable bonds is 6. The molecule has 1 aliphatic rings. The summed E-state index contributed by atoms with van der Waals surface area (Å²) in [4.78, 5) is 5.03. The summed E-state index contributed by atoms with van der Waals surface area (Å²) >= 11 is 1.48. The molecular formula is C14H27N5S. The van der Waals surface area contributed by atoms with E-state index in [9.17, 15) is 0 Å². The lowest BCUT2D eigenvalue weighted by molar-refractivity contribution is 0.174. The van der Waals surface area contributed by atoms with E-state index in [2.05, 4.69) is 45.6 Å². The first-order valence-corrected chi connectivity index (χ1v) is 8.49. The highest BCUT2D eigenvalue weighted by Crippen LogP contribution is 2.22. The standard InChI is InChI=1S/C14H27N5S/c1-4-7-15-14-13(16-17-20-14)11-19-9-6-8-18(3)10-12(19)5-2/h12,15H,4-11H2,1-3H3. The molecule has 0 amide bonds. The first kappa shape index (κ1) is 15.7. The van der Waals surface area contributed by atoms with Crippen molar-refractivity contribution in [2.45, 2.75) is 45.7 Å². The molecule has 1 unspecified atom stereocenters. The van der Waals surface area contributed by atoms with E-state index in [4.69, 9.17) is 0 Å². The van der Waals surface area contributed by atoms with Gasteiger partial charge in [-0.05, 0) is 32.9 Å². The van der Waals surface area contributed by atoms with Crippen LogP contribution in [-0.4, -0.2) is 58.7 Å². The predicted octanol–water partition coefficient (Wildman–Crippen LogP) is 2.28. The Morgan fingerprint density at radius 1 is 1.35 bits per heavy atom. The number of nitrogens with zero attached hydrogens (tertiary/aromatic N) is 4. The number of likely N-dealkylation sites (N-methyl/N-ethyl adjacent to an activating group) is 1. The zero-order valence-corrected chi connectivity index (χ0v) is 13.7. The van der Waals surface area contributed by atoms with Crippen molar-refractivity contribution in [3.05, 3.63) is 5.69 Å². The molecule has 2 heterocycles. The van der Waals surface area contributed by atoms with Gasteiger partial charge < -0.3 is 10.2 Å². The minimum absolute atomic E-state index is 0.628. The van der Waals surface area contributed by atoms with Gasteiger partial charge in [0, 0.05) is 43.8 Å². The number of hydrogen-bond acceptors (Lipinski definition) is 6. The van der Waals surface area contributed by atoms with Gasteiger partial charge in [0.05, 0.1) is 0 Å². The van der Waals surface area contributed by atoms with Crippen molar-refractivity contribution < 1.29 is 0 Å². The van der Waals surface area contributed by atoms with Crippen LogP contribution in [0.3, 0.4) is 0 Å². The molecule has 1 atom stereocenters. The third kappa shape index (κ3) is 4.14. The molecule has 0 radical (unpaired) electrons. The molecule has 0 aliphatic carbocycles. The molecule has 5 nitrogen and oxygen atoms in total.